The van der Waals surface area contributed by atoms with Crippen LogP contribution >= 0.6 is 11.6 Å². The van der Waals surface area contributed by atoms with Gasteiger partial charge in [0.15, 0.2) is 0 Å². The summed E-state index contributed by atoms with van der Waals surface area (Å²) in [6.45, 7) is 1.81. The van der Waals surface area contributed by atoms with Gasteiger partial charge in [0.05, 0.1) is 10.7 Å². The highest BCUT2D eigenvalue weighted by Gasteiger charge is 2.04. The van der Waals surface area contributed by atoms with E-state index in [2.05, 4.69) is 0 Å². The van der Waals surface area contributed by atoms with Crippen LogP contribution in [0.1, 0.15) is 18.4 Å². The van der Waals surface area contributed by atoms with Crippen LogP contribution in [0, 0.1) is 0 Å². The first-order chi connectivity index (χ1) is 5.65. The van der Waals surface area contributed by atoms with Crippen molar-refractivity contribution in [1.82, 2.24) is 0 Å². The molecule has 0 saturated heterocycles. The first kappa shape index (κ1) is 9.07. The maximum Gasteiger partial charge on any atom is 0.127 e. The van der Waals surface area contributed by atoms with Gasteiger partial charge in [-0.05, 0) is 17.7 Å². The molecule has 3 heteroatoms. The van der Waals surface area contributed by atoms with Crippen molar-refractivity contribution in [3.05, 3.63) is 28.8 Å². The second-order valence-electron chi connectivity index (χ2n) is 2.71. The van der Waals surface area contributed by atoms with E-state index in [9.17, 15) is 4.79 Å². The average molecular weight is 184 g/mol. The molecule has 64 valence electrons. The van der Waals surface area contributed by atoms with Crippen molar-refractivity contribution in [2.75, 3.05) is 5.73 Å². The van der Waals surface area contributed by atoms with E-state index in [1.54, 1.807) is 18.2 Å². The van der Waals surface area contributed by atoms with Crippen molar-refractivity contribution in [3.8, 4) is 0 Å². The zero-order valence-electron chi connectivity index (χ0n) is 6.75. The van der Waals surface area contributed by atoms with Gasteiger partial charge >= 0.3 is 0 Å². The summed E-state index contributed by atoms with van der Waals surface area (Å²) in [7, 11) is 0. The molecule has 0 amide bonds. The SMILES string of the molecule is CC(C=O)c1ccc(N)c(Cl)c1. The van der Waals surface area contributed by atoms with E-state index >= 15 is 0 Å². The van der Waals surface area contributed by atoms with Gasteiger partial charge in [0.2, 0.25) is 0 Å². The van der Waals surface area contributed by atoms with Crippen molar-refractivity contribution in [2.24, 2.45) is 0 Å². The Morgan fingerprint density at radius 1 is 1.58 bits per heavy atom. The minimum absolute atomic E-state index is 0.122. The number of hydrogen-bond acceptors (Lipinski definition) is 2. The lowest BCUT2D eigenvalue weighted by molar-refractivity contribution is -0.108. The van der Waals surface area contributed by atoms with Gasteiger partial charge in [-0.2, -0.15) is 0 Å². The van der Waals surface area contributed by atoms with Crippen LogP contribution in [0.25, 0.3) is 0 Å². The van der Waals surface area contributed by atoms with Gasteiger partial charge in [-0.3, -0.25) is 0 Å². The van der Waals surface area contributed by atoms with Gasteiger partial charge in [-0.1, -0.05) is 24.6 Å². The van der Waals surface area contributed by atoms with Gasteiger partial charge in [-0.15, -0.1) is 0 Å². The highest BCUT2D eigenvalue weighted by molar-refractivity contribution is 6.33. The molecule has 0 aliphatic heterocycles. The van der Waals surface area contributed by atoms with Gasteiger partial charge in [-0.25, -0.2) is 0 Å². The molecule has 0 heterocycles. The van der Waals surface area contributed by atoms with Crippen LogP contribution in [0.5, 0.6) is 0 Å². The minimum Gasteiger partial charge on any atom is -0.398 e. The lowest BCUT2D eigenvalue weighted by atomic mass is 10.0. The van der Waals surface area contributed by atoms with Crippen molar-refractivity contribution in [1.29, 1.82) is 0 Å². The lowest BCUT2D eigenvalue weighted by Crippen LogP contribution is -1.95. The fourth-order valence-corrected chi connectivity index (χ4v) is 1.09. The number of carbonyl (C=O) groups excluding carboxylic acids is 1. The van der Waals surface area contributed by atoms with E-state index < -0.39 is 0 Å². The third kappa shape index (κ3) is 1.77. The number of nitrogen functional groups attached to an aromatic ring is 1. The maximum absolute atomic E-state index is 10.4. The number of rotatable bonds is 2. The predicted molar refractivity (Wildman–Crippen MR) is 50.3 cm³/mol. The van der Waals surface area contributed by atoms with E-state index in [1.165, 1.54) is 0 Å². The number of hydrogen-bond donors (Lipinski definition) is 1. The zero-order chi connectivity index (χ0) is 9.14. The Hall–Kier alpha value is -1.02. The molecule has 2 N–H and O–H groups in total. The molecule has 1 rings (SSSR count). The van der Waals surface area contributed by atoms with E-state index in [4.69, 9.17) is 17.3 Å². The topological polar surface area (TPSA) is 43.1 Å². The number of anilines is 1. The summed E-state index contributed by atoms with van der Waals surface area (Å²) in [5, 5.41) is 0.501. The van der Waals surface area contributed by atoms with Gasteiger partial charge < -0.3 is 10.5 Å². The molecular weight excluding hydrogens is 174 g/mol. The third-order valence-corrected chi connectivity index (χ3v) is 2.08. The number of nitrogens with two attached hydrogens (primary N) is 1. The molecule has 0 spiro atoms. The van der Waals surface area contributed by atoms with Crippen LogP contribution in [0.2, 0.25) is 5.02 Å². The van der Waals surface area contributed by atoms with Crippen molar-refractivity contribution in [2.45, 2.75) is 12.8 Å². The summed E-state index contributed by atoms with van der Waals surface area (Å²) in [5.74, 6) is -0.122. The summed E-state index contributed by atoms with van der Waals surface area (Å²) < 4.78 is 0. The Balaban J connectivity index is 3.04. The summed E-state index contributed by atoms with van der Waals surface area (Å²) in [6.07, 6.45) is 0.877. The highest BCUT2D eigenvalue weighted by Crippen LogP contribution is 2.23. The van der Waals surface area contributed by atoms with Crippen LogP contribution in [0.15, 0.2) is 18.2 Å². The lowest BCUT2D eigenvalue weighted by Gasteiger charge is -2.05. The van der Waals surface area contributed by atoms with Crippen molar-refractivity contribution in [3.63, 3.8) is 0 Å². The van der Waals surface area contributed by atoms with Gasteiger partial charge in [0.1, 0.15) is 6.29 Å². The molecule has 0 aromatic heterocycles. The van der Waals surface area contributed by atoms with Gasteiger partial charge in [0, 0.05) is 5.92 Å². The highest BCUT2D eigenvalue weighted by atomic mass is 35.5. The largest absolute Gasteiger partial charge is 0.398 e. The van der Waals surface area contributed by atoms with Crippen LogP contribution in [-0.4, -0.2) is 6.29 Å². The molecule has 1 aromatic carbocycles. The van der Waals surface area contributed by atoms with E-state index in [1.807, 2.05) is 6.92 Å². The normalized spacial score (nSPS) is 12.5. The van der Waals surface area contributed by atoms with E-state index in [0.717, 1.165) is 11.8 Å². The fraction of sp³-hybridized carbons (Fsp3) is 0.222. The summed E-state index contributed by atoms with van der Waals surface area (Å²) in [6, 6.07) is 5.23. The zero-order valence-corrected chi connectivity index (χ0v) is 7.51. The maximum atomic E-state index is 10.4. The molecule has 0 aliphatic rings. The van der Waals surface area contributed by atoms with Gasteiger partial charge in [0.25, 0.3) is 0 Å². The Morgan fingerprint density at radius 2 is 2.25 bits per heavy atom. The Kier molecular flexibility index (Phi) is 2.71. The Labute approximate surface area is 76.3 Å². The molecule has 1 unspecified atom stereocenters. The molecule has 0 aliphatic carbocycles. The molecule has 0 bridgehead atoms. The summed E-state index contributed by atoms with van der Waals surface area (Å²) in [4.78, 5) is 10.4. The minimum atomic E-state index is -0.122. The molecule has 12 heavy (non-hydrogen) atoms. The predicted octanol–water partition coefficient (Wildman–Crippen LogP) is 2.22. The molecule has 0 fully saturated rings. The summed E-state index contributed by atoms with van der Waals surface area (Å²) >= 11 is 5.77. The van der Waals surface area contributed by atoms with Crippen LogP contribution in [0.3, 0.4) is 0 Å². The van der Waals surface area contributed by atoms with Crippen molar-refractivity contribution < 1.29 is 4.79 Å². The Bertz CT molecular complexity index is 299. The summed E-state index contributed by atoms with van der Waals surface area (Å²) in [5.41, 5.74) is 6.94. The molecular formula is C9H10ClNO. The smallest absolute Gasteiger partial charge is 0.127 e. The number of carbonyl (C=O) groups is 1. The van der Waals surface area contributed by atoms with Crippen LogP contribution < -0.4 is 5.73 Å². The van der Waals surface area contributed by atoms with E-state index in [0.29, 0.717) is 10.7 Å². The number of aldehydes is 1. The first-order valence-corrected chi connectivity index (χ1v) is 4.03. The first-order valence-electron chi connectivity index (χ1n) is 3.65. The third-order valence-electron chi connectivity index (χ3n) is 1.75. The fourth-order valence-electron chi connectivity index (χ4n) is 0.905. The Morgan fingerprint density at radius 3 is 2.75 bits per heavy atom. The molecule has 0 radical (unpaired) electrons. The second-order valence-corrected chi connectivity index (χ2v) is 3.11. The monoisotopic (exact) mass is 183 g/mol. The standard InChI is InChI=1S/C9H10ClNO/c1-6(5-12)7-2-3-9(11)8(10)4-7/h2-6H,11H2,1H3. The molecule has 1 aromatic rings. The quantitative estimate of drug-likeness (QED) is 0.565. The molecule has 0 saturated carbocycles. The molecule has 1 atom stereocenters. The molecule has 2 nitrogen and oxygen atoms in total. The number of benzene rings is 1. The van der Waals surface area contributed by atoms with Crippen LogP contribution in [-0.2, 0) is 4.79 Å². The van der Waals surface area contributed by atoms with Crippen molar-refractivity contribution >= 4 is 23.6 Å². The average Bonchev–Trinajstić information content (AvgIpc) is 2.08. The van der Waals surface area contributed by atoms with Crippen LogP contribution in [0.4, 0.5) is 5.69 Å². The number of halogens is 1. The second kappa shape index (κ2) is 3.59. The van der Waals surface area contributed by atoms with E-state index in [-0.39, 0.29) is 5.92 Å².